The van der Waals surface area contributed by atoms with Gasteiger partial charge in [0.05, 0.1) is 27.4 Å². The van der Waals surface area contributed by atoms with Crippen LogP contribution in [0.4, 0.5) is 4.79 Å². The van der Waals surface area contributed by atoms with Crippen molar-refractivity contribution in [2.45, 2.75) is 6.04 Å². The van der Waals surface area contributed by atoms with E-state index in [4.69, 9.17) is 14.2 Å². The van der Waals surface area contributed by atoms with Gasteiger partial charge in [-0.3, -0.25) is 0 Å². The maximum Gasteiger partial charge on any atom is 0.317 e. The first-order valence-corrected chi connectivity index (χ1v) is 5.92. The quantitative estimate of drug-likeness (QED) is 0.895. The molecule has 0 bridgehead atoms. The van der Waals surface area contributed by atoms with E-state index in [2.05, 4.69) is 5.32 Å². The van der Waals surface area contributed by atoms with E-state index in [9.17, 15) is 4.79 Å². The summed E-state index contributed by atoms with van der Waals surface area (Å²) < 4.78 is 15.9. The third-order valence-corrected chi connectivity index (χ3v) is 3.21. The summed E-state index contributed by atoms with van der Waals surface area (Å²) in [6.45, 7) is 0.588. The molecule has 6 heteroatoms. The SMILES string of the molecule is COc1cc(OC)c(C2CN(C)C(=O)N2)cc1OC. The average Bonchev–Trinajstić information content (AvgIpc) is 2.76. The zero-order chi connectivity index (χ0) is 14.0. The van der Waals surface area contributed by atoms with Crippen molar-refractivity contribution in [1.29, 1.82) is 0 Å². The maximum atomic E-state index is 11.6. The molecule has 1 atom stereocenters. The minimum atomic E-state index is -0.118. The lowest BCUT2D eigenvalue weighted by atomic mass is 10.1. The van der Waals surface area contributed by atoms with Crippen LogP contribution in [-0.4, -0.2) is 45.9 Å². The standard InChI is InChI=1S/C13H18N2O4/c1-15-7-9(14-13(15)16)8-5-11(18-3)12(19-4)6-10(8)17-2/h5-6,9H,7H2,1-4H3,(H,14,16). The van der Waals surface area contributed by atoms with Gasteiger partial charge >= 0.3 is 6.03 Å². The zero-order valence-electron chi connectivity index (χ0n) is 11.5. The Morgan fingerprint density at radius 3 is 2.16 bits per heavy atom. The molecule has 0 aromatic heterocycles. The third kappa shape index (κ3) is 2.38. The molecule has 1 aliphatic heterocycles. The maximum absolute atomic E-state index is 11.6. The van der Waals surface area contributed by atoms with Crippen LogP contribution in [-0.2, 0) is 0 Å². The van der Waals surface area contributed by atoms with E-state index in [0.717, 1.165) is 5.56 Å². The van der Waals surface area contributed by atoms with E-state index in [1.807, 2.05) is 6.07 Å². The summed E-state index contributed by atoms with van der Waals surface area (Å²) in [6.07, 6.45) is 0. The number of benzene rings is 1. The molecule has 1 saturated heterocycles. The molecule has 0 saturated carbocycles. The number of rotatable bonds is 4. The Hall–Kier alpha value is -2.11. The molecule has 0 aliphatic carbocycles. The molecule has 1 aromatic rings. The number of likely N-dealkylation sites (N-methyl/N-ethyl adjacent to an activating group) is 1. The molecule has 0 spiro atoms. The molecule has 2 rings (SSSR count). The summed E-state index contributed by atoms with van der Waals surface area (Å²) in [5.74, 6) is 1.88. The van der Waals surface area contributed by atoms with Gasteiger partial charge in [-0.2, -0.15) is 0 Å². The van der Waals surface area contributed by atoms with Crippen LogP contribution in [0.25, 0.3) is 0 Å². The van der Waals surface area contributed by atoms with Gasteiger partial charge in [-0.15, -0.1) is 0 Å². The number of hydrogen-bond donors (Lipinski definition) is 1. The summed E-state index contributed by atoms with van der Waals surface area (Å²) in [5.41, 5.74) is 0.873. The average molecular weight is 266 g/mol. The van der Waals surface area contributed by atoms with Gasteiger partial charge in [0.15, 0.2) is 11.5 Å². The Morgan fingerprint density at radius 2 is 1.68 bits per heavy atom. The smallest absolute Gasteiger partial charge is 0.317 e. The Bertz CT molecular complexity index is 490. The van der Waals surface area contributed by atoms with E-state index < -0.39 is 0 Å². The lowest BCUT2D eigenvalue weighted by molar-refractivity contribution is 0.226. The predicted molar refractivity (Wildman–Crippen MR) is 70.0 cm³/mol. The summed E-state index contributed by atoms with van der Waals surface area (Å²) in [6, 6.07) is 3.38. The minimum absolute atomic E-state index is 0.0955. The van der Waals surface area contributed by atoms with Gasteiger partial charge in [0, 0.05) is 25.2 Å². The molecule has 0 radical (unpaired) electrons. The van der Waals surface area contributed by atoms with Crippen molar-refractivity contribution in [3.8, 4) is 17.2 Å². The van der Waals surface area contributed by atoms with Crippen molar-refractivity contribution in [2.75, 3.05) is 34.9 Å². The highest BCUT2D eigenvalue weighted by molar-refractivity contribution is 5.77. The van der Waals surface area contributed by atoms with Crippen LogP contribution in [0.5, 0.6) is 17.2 Å². The number of carbonyl (C=O) groups excluding carboxylic acids is 1. The fourth-order valence-electron chi connectivity index (χ4n) is 2.16. The van der Waals surface area contributed by atoms with E-state index >= 15 is 0 Å². The first kappa shape index (κ1) is 13.3. The van der Waals surface area contributed by atoms with Crippen molar-refractivity contribution in [3.63, 3.8) is 0 Å². The second-order valence-electron chi connectivity index (χ2n) is 4.33. The second kappa shape index (κ2) is 5.26. The molecule has 6 nitrogen and oxygen atoms in total. The molecule has 2 amide bonds. The van der Waals surface area contributed by atoms with Gasteiger partial charge in [-0.05, 0) is 6.07 Å². The monoisotopic (exact) mass is 266 g/mol. The summed E-state index contributed by atoms with van der Waals surface area (Å²) in [7, 11) is 6.49. The Kier molecular flexibility index (Phi) is 3.69. The first-order valence-electron chi connectivity index (χ1n) is 5.92. The number of hydrogen-bond acceptors (Lipinski definition) is 4. The number of methoxy groups -OCH3 is 3. The molecule has 1 aliphatic rings. The first-order chi connectivity index (χ1) is 9.10. The highest BCUT2D eigenvalue weighted by Crippen LogP contribution is 2.38. The van der Waals surface area contributed by atoms with Crippen LogP contribution in [0.3, 0.4) is 0 Å². The molecule has 1 unspecified atom stereocenters. The van der Waals surface area contributed by atoms with Gasteiger partial charge in [0.25, 0.3) is 0 Å². The number of nitrogens with zero attached hydrogens (tertiary/aromatic N) is 1. The number of ether oxygens (including phenoxy) is 3. The second-order valence-corrected chi connectivity index (χ2v) is 4.33. The third-order valence-electron chi connectivity index (χ3n) is 3.21. The highest BCUT2D eigenvalue weighted by atomic mass is 16.5. The van der Waals surface area contributed by atoms with Gasteiger partial charge < -0.3 is 24.4 Å². The molecule has 1 heterocycles. The Morgan fingerprint density at radius 1 is 1.11 bits per heavy atom. The van der Waals surface area contributed by atoms with Crippen LogP contribution in [0.15, 0.2) is 12.1 Å². The van der Waals surface area contributed by atoms with E-state index in [1.54, 1.807) is 39.3 Å². The van der Waals surface area contributed by atoms with Crippen molar-refractivity contribution < 1.29 is 19.0 Å². The molecule has 19 heavy (non-hydrogen) atoms. The largest absolute Gasteiger partial charge is 0.496 e. The lowest BCUT2D eigenvalue weighted by Gasteiger charge is -2.17. The normalized spacial score (nSPS) is 18.2. The van der Waals surface area contributed by atoms with Crippen molar-refractivity contribution >= 4 is 6.03 Å². The van der Waals surface area contributed by atoms with Gasteiger partial charge in [0.2, 0.25) is 0 Å². The Labute approximate surface area is 112 Å². The number of urea groups is 1. The van der Waals surface area contributed by atoms with Crippen LogP contribution >= 0.6 is 0 Å². The summed E-state index contributed by atoms with van der Waals surface area (Å²) >= 11 is 0. The van der Waals surface area contributed by atoms with Crippen molar-refractivity contribution in [2.24, 2.45) is 0 Å². The number of nitrogens with one attached hydrogen (secondary N) is 1. The molecule has 104 valence electrons. The van der Waals surface area contributed by atoms with Crippen LogP contribution < -0.4 is 19.5 Å². The fourth-order valence-corrected chi connectivity index (χ4v) is 2.16. The van der Waals surface area contributed by atoms with Gasteiger partial charge in [-0.1, -0.05) is 0 Å². The zero-order valence-corrected chi connectivity index (χ0v) is 11.5. The molecular formula is C13H18N2O4. The number of carbonyl (C=O) groups is 1. The topological polar surface area (TPSA) is 60.0 Å². The molecule has 1 aromatic carbocycles. The van der Waals surface area contributed by atoms with E-state index in [0.29, 0.717) is 23.8 Å². The van der Waals surface area contributed by atoms with E-state index in [-0.39, 0.29) is 12.1 Å². The van der Waals surface area contributed by atoms with Crippen LogP contribution in [0.1, 0.15) is 11.6 Å². The van der Waals surface area contributed by atoms with Crippen molar-refractivity contribution in [1.82, 2.24) is 10.2 Å². The fraction of sp³-hybridized carbons (Fsp3) is 0.462. The molecular weight excluding hydrogens is 248 g/mol. The molecule has 1 fully saturated rings. The van der Waals surface area contributed by atoms with E-state index in [1.165, 1.54) is 0 Å². The Balaban J connectivity index is 2.41. The van der Waals surface area contributed by atoms with Crippen LogP contribution in [0.2, 0.25) is 0 Å². The molecule has 1 N–H and O–H groups in total. The minimum Gasteiger partial charge on any atom is -0.496 e. The predicted octanol–water partition coefficient (Wildman–Crippen LogP) is 1.41. The summed E-state index contributed by atoms with van der Waals surface area (Å²) in [4.78, 5) is 13.2. The number of amides is 2. The van der Waals surface area contributed by atoms with Crippen molar-refractivity contribution in [3.05, 3.63) is 17.7 Å². The van der Waals surface area contributed by atoms with Gasteiger partial charge in [0.1, 0.15) is 5.75 Å². The summed E-state index contributed by atoms with van der Waals surface area (Å²) in [5, 5.41) is 2.89. The highest BCUT2D eigenvalue weighted by Gasteiger charge is 2.30. The lowest BCUT2D eigenvalue weighted by Crippen LogP contribution is -2.24. The van der Waals surface area contributed by atoms with Crippen LogP contribution in [0, 0.1) is 0 Å². The van der Waals surface area contributed by atoms with Gasteiger partial charge in [-0.25, -0.2) is 4.79 Å².